The van der Waals surface area contributed by atoms with Gasteiger partial charge in [0.1, 0.15) is 5.75 Å². The monoisotopic (exact) mass is 372 g/mol. The van der Waals surface area contributed by atoms with Crippen LogP contribution in [0.1, 0.15) is 16.7 Å². The van der Waals surface area contributed by atoms with Crippen LogP contribution in [0.25, 0.3) is 0 Å². The number of benzene rings is 2. The molecule has 0 radical (unpaired) electrons. The van der Waals surface area contributed by atoms with E-state index in [-0.39, 0.29) is 12.5 Å². The first-order valence-electron chi connectivity index (χ1n) is 8.93. The second-order valence-electron chi connectivity index (χ2n) is 6.87. The van der Waals surface area contributed by atoms with Gasteiger partial charge in [0.25, 0.3) is 5.91 Å². The van der Waals surface area contributed by atoms with Gasteiger partial charge in [-0.3, -0.25) is 4.79 Å². The second-order valence-corrected chi connectivity index (χ2v) is 7.24. The molecular weight excluding hydrogens is 348 g/mol. The molecule has 4 nitrogen and oxygen atoms in total. The van der Waals surface area contributed by atoms with Crippen LogP contribution in [-0.2, 0) is 4.79 Å². The van der Waals surface area contributed by atoms with Crippen LogP contribution in [0.2, 0.25) is 5.02 Å². The lowest BCUT2D eigenvalue weighted by Crippen LogP contribution is -2.50. The number of amides is 1. The number of anilines is 1. The van der Waals surface area contributed by atoms with E-state index in [0.29, 0.717) is 5.75 Å². The lowest BCUT2D eigenvalue weighted by molar-refractivity contribution is -0.133. The molecule has 1 aliphatic rings. The molecule has 0 saturated carbocycles. The second kappa shape index (κ2) is 8.00. The van der Waals surface area contributed by atoms with E-state index in [1.807, 2.05) is 30.9 Å². The molecule has 138 valence electrons. The number of aryl methyl sites for hydroxylation is 3. The topological polar surface area (TPSA) is 32.8 Å². The molecule has 1 fully saturated rings. The van der Waals surface area contributed by atoms with Gasteiger partial charge in [-0.1, -0.05) is 23.7 Å². The number of hydrogen-bond donors (Lipinski definition) is 0. The Bertz CT molecular complexity index is 775. The third-order valence-corrected chi connectivity index (χ3v) is 5.37. The van der Waals surface area contributed by atoms with Crippen LogP contribution >= 0.6 is 11.6 Å². The van der Waals surface area contributed by atoms with Crippen molar-refractivity contribution in [2.75, 3.05) is 37.7 Å². The third-order valence-electron chi connectivity index (χ3n) is 4.77. The molecule has 0 aliphatic carbocycles. The maximum atomic E-state index is 12.5. The largest absolute Gasteiger partial charge is 0.484 e. The molecule has 1 saturated heterocycles. The minimum atomic E-state index is 0.0270. The molecule has 0 aromatic heterocycles. The van der Waals surface area contributed by atoms with E-state index >= 15 is 0 Å². The Kier molecular flexibility index (Phi) is 5.72. The van der Waals surface area contributed by atoms with Crippen LogP contribution in [0.5, 0.6) is 5.75 Å². The zero-order chi connectivity index (χ0) is 18.7. The molecular formula is C21H25ClN2O2. The number of carbonyl (C=O) groups excluding carboxylic acids is 1. The first-order chi connectivity index (χ1) is 12.4. The highest BCUT2D eigenvalue weighted by Crippen LogP contribution is 2.26. The molecule has 0 atom stereocenters. The summed E-state index contributed by atoms with van der Waals surface area (Å²) in [5, 5.41) is 0.746. The molecule has 1 heterocycles. The summed E-state index contributed by atoms with van der Waals surface area (Å²) in [6.07, 6.45) is 0. The number of rotatable bonds is 4. The zero-order valence-corrected chi connectivity index (χ0v) is 16.3. The van der Waals surface area contributed by atoms with E-state index in [9.17, 15) is 4.79 Å². The van der Waals surface area contributed by atoms with Crippen molar-refractivity contribution in [3.63, 3.8) is 0 Å². The van der Waals surface area contributed by atoms with Crippen LogP contribution in [0, 0.1) is 20.8 Å². The standard InChI is InChI=1S/C21H25ClN2O2/c1-15-5-4-6-18(11-15)23-7-9-24(10-8-23)20(25)14-26-19-12-16(2)21(22)17(3)13-19/h4-6,11-13H,7-10,14H2,1-3H3. The van der Waals surface area contributed by atoms with Crippen LogP contribution < -0.4 is 9.64 Å². The number of hydrogen-bond acceptors (Lipinski definition) is 3. The Morgan fingerprint density at radius 1 is 1.04 bits per heavy atom. The minimum Gasteiger partial charge on any atom is -0.484 e. The normalized spacial score (nSPS) is 14.5. The van der Waals surface area contributed by atoms with Crippen LogP contribution in [0.4, 0.5) is 5.69 Å². The van der Waals surface area contributed by atoms with Crippen molar-refractivity contribution in [3.8, 4) is 5.75 Å². The Balaban J connectivity index is 1.52. The highest BCUT2D eigenvalue weighted by molar-refractivity contribution is 6.32. The molecule has 0 unspecified atom stereocenters. The summed E-state index contributed by atoms with van der Waals surface area (Å²) in [5.41, 5.74) is 4.39. The average Bonchev–Trinajstić information content (AvgIpc) is 2.64. The number of nitrogens with zero attached hydrogens (tertiary/aromatic N) is 2. The Labute approximate surface area is 160 Å². The fourth-order valence-electron chi connectivity index (χ4n) is 3.26. The van der Waals surface area contributed by atoms with Crippen LogP contribution in [-0.4, -0.2) is 43.6 Å². The van der Waals surface area contributed by atoms with Crippen molar-refractivity contribution < 1.29 is 9.53 Å². The summed E-state index contributed by atoms with van der Waals surface area (Å²) in [5.74, 6) is 0.718. The predicted molar refractivity (Wildman–Crippen MR) is 106 cm³/mol. The average molecular weight is 373 g/mol. The number of ether oxygens (including phenoxy) is 1. The molecule has 2 aromatic carbocycles. The van der Waals surface area contributed by atoms with E-state index in [0.717, 1.165) is 42.3 Å². The van der Waals surface area contributed by atoms with Crippen molar-refractivity contribution in [1.29, 1.82) is 0 Å². The first kappa shape index (κ1) is 18.6. The fraction of sp³-hybridized carbons (Fsp3) is 0.381. The number of halogens is 1. The van der Waals surface area contributed by atoms with E-state index in [2.05, 4.69) is 36.1 Å². The fourth-order valence-corrected chi connectivity index (χ4v) is 3.37. The smallest absolute Gasteiger partial charge is 0.260 e. The molecule has 0 spiro atoms. The van der Waals surface area contributed by atoms with E-state index < -0.39 is 0 Å². The summed E-state index contributed by atoms with van der Waals surface area (Å²) in [6, 6.07) is 12.2. The van der Waals surface area contributed by atoms with Crippen LogP contribution in [0.15, 0.2) is 36.4 Å². The quantitative estimate of drug-likeness (QED) is 0.813. The van der Waals surface area contributed by atoms with E-state index in [1.165, 1.54) is 11.3 Å². The van der Waals surface area contributed by atoms with Crippen molar-refractivity contribution >= 4 is 23.2 Å². The highest BCUT2D eigenvalue weighted by Gasteiger charge is 2.21. The maximum absolute atomic E-state index is 12.5. The van der Waals surface area contributed by atoms with Gasteiger partial charge in [-0.05, 0) is 61.7 Å². The molecule has 5 heteroatoms. The molecule has 2 aromatic rings. The molecule has 3 rings (SSSR count). The third kappa shape index (κ3) is 4.31. The summed E-state index contributed by atoms with van der Waals surface area (Å²) in [6.45, 7) is 9.15. The Morgan fingerprint density at radius 3 is 2.31 bits per heavy atom. The molecule has 1 aliphatic heterocycles. The van der Waals surface area contributed by atoms with Gasteiger partial charge in [-0.25, -0.2) is 0 Å². The van der Waals surface area contributed by atoms with Crippen LogP contribution in [0.3, 0.4) is 0 Å². The highest BCUT2D eigenvalue weighted by atomic mass is 35.5. The van der Waals surface area contributed by atoms with Gasteiger partial charge < -0.3 is 14.5 Å². The van der Waals surface area contributed by atoms with Gasteiger partial charge >= 0.3 is 0 Å². The van der Waals surface area contributed by atoms with Crippen molar-refractivity contribution in [3.05, 3.63) is 58.1 Å². The van der Waals surface area contributed by atoms with Gasteiger partial charge in [0.2, 0.25) is 0 Å². The summed E-state index contributed by atoms with van der Waals surface area (Å²) < 4.78 is 5.70. The molecule has 26 heavy (non-hydrogen) atoms. The van der Waals surface area contributed by atoms with Gasteiger partial charge in [0.15, 0.2) is 6.61 Å². The Hall–Kier alpha value is -2.20. The SMILES string of the molecule is Cc1cccc(N2CCN(C(=O)COc3cc(C)c(Cl)c(C)c3)CC2)c1. The number of carbonyl (C=O) groups is 1. The van der Waals surface area contributed by atoms with Gasteiger partial charge in [0, 0.05) is 36.9 Å². The van der Waals surface area contributed by atoms with Crippen molar-refractivity contribution in [2.24, 2.45) is 0 Å². The lowest BCUT2D eigenvalue weighted by Gasteiger charge is -2.36. The van der Waals surface area contributed by atoms with Gasteiger partial charge in [0.05, 0.1) is 0 Å². The lowest BCUT2D eigenvalue weighted by atomic mass is 10.1. The number of piperazine rings is 1. The molecule has 0 N–H and O–H groups in total. The van der Waals surface area contributed by atoms with Crippen molar-refractivity contribution in [1.82, 2.24) is 4.90 Å². The Morgan fingerprint density at radius 2 is 1.69 bits per heavy atom. The molecule has 0 bridgehead atoms. The predicted octanol–water partition coefficient (Wildman–Crippen LogP) is 3.99. The van der Waals surface area contributed by atoms with Crippen molar-refractivity contribution in [2.45, 2.75) is 20.8 Å². The van der Waals surface area contributed by atoms with E-state index in [4.69, 9.17) is 16.3 Å². The summed E-state index contributed by atoms with van der Waals surface area (Å²) >= 11 is 6.17. The van der Waals surface area contributed by atoms with Gasteiger partial charge in [-0.15, -0.1) is 0 Å². The van der Waals surface area contributed by atoms with Gasteiger partial charge in [-0.2, -0.15) is 0 Å². The summed E-state index contributed by atoms with van der Waals surface area (Å²) in [4.78, 5) is 16.7. The molecule has 1 amide bonds. The maximum Gasteiger partial charge on any atom is 0.260 e. The minimum absolute atomic E-state index is 0.0270. The zero-order valence-electron chi connectivity index (χ0n) is 15.6. The van der Waals surface area contributed by atoms with E-state index in [1.54, 1.807) is 0 Å². The summed E-state index contributed by atoms with van der Waals surface area (Å²) in [7, 11) is 0. The first-order valence-corrected chi connectivity index (χ1v) is 9.31.